The molecule has 3 heteroatoms. The quantitative estimate of drug-likeness (QED) is 0.794. The largest absolute Gasteiger partial charge is 0.497 e. The molecule has 22 heavy (non-hydrogen) atoms. The van der Waals surface area contributed by atoms with E-state index in [1.54, 1.807) is 7.11 Å². The minimum atomic E-state index is 0.252. The van der Waals surface area contributed by atoms with Crippen LogP contribution in [0.1, 0.15) is 31.4 Å². The fourth-order valence-corrected chi connectivity index (χ4v) is 2.14. The van der Waals surface area contributed by atoms with Gasteiger partial charge in [0.05, 0.1) is 13.2 Å². The van der Waals surface area contributed by atoms with Gasteiger partial charge >= 0.3 is 0 Å². The van der Waals surface area contributed by atoms with Crippen LogP contribution in [0.3, 0.4) is 0 Å². The average molecular weight is 299 g/mol. The molecular formula is C19H25NO2. The van der Waals surface area contributed by atoms with Crippen molar-refractivity contribution in [2.24, 2.45) is 0 Å². The molecule has 2 rings (SSSR count). The van der Waals surface area contributed by atoms with Gasteiger partial charge in [0.15, 0.2) is 0 Å². The third-order valence-corrected chi connectivity index (χ3v) is 3.63. The van der Waals surface area contributed by atoms with E-state index in [0.29, 0.717) is 0 Å². The maximum absolute atomic E-state index is 5.85. The summed E-state index contributed by atoms with van der Waals surface area (Å²) < 4.78 is 11.0. The van der Waals surface area contributed by atoms with Crippen LogP contribution in [0.4, 0.5) is 0 Å². The summed E-state index contributed by atoms with van der Waals surface area (Å²) in [5, 5.41) is 3.45. The lowest BCUT2D eigenvalue weighted by atomic mass is 10.2. The maximum atomic E-state index is 5.85. The summed E-state index contributed by atoms with van der Waals surface area (Å²) in [4.78, 5) is 0. The van der Waals surface area contributed by atoms with Crippen molar-refractivity contribution in [3.05, 3.63) is 59.7 Å². The Labute approximate surface area is 133 Å². The topological polar surface area (TPSA) is 30.5 Å². The van der Waals surface area contributed by atoms with Gasteiger partial charge in [-0.3, -0.25) is 0 Å². The van der Waals surface area contributed by atoms with Crippen LogP contribution in [-0.4, -0.2) is 13.2 Å². The molecule has 0 aliphatic rings. The molecule has 0 aliphatic heterocycles. The Hall–Kier alpha value is -2.00. The molecule has 2 aromatic rings. The van der Waals surface area contributed by atoms with E-state index < -0.39 is 0 Å². The summed E-state index contributed by atoms with van der Waals surface area (Å²) in [6.45, 7) is 5.88. The van der Waals surface area contributed by atoms with Crippen LogP contribution < -0.4 is 14.8 Å². The summed E-state index contributed by atoms with van der Waals surface area (Å²) in [6, 6.07) is 16.4. The predicted octanol–water partition coefficient (Wildman–Crippen LogP) is 4.16. The van der Waals surface area contributed by atoms with Gasteiger partial charge in [0.25, 0.3) is 0 Å². The zero-order valence-electron chi connectivity index (χ0n) is 13.6. The first-order valence-corrected chi connectivity index (χ1v) is 7.80. The molecule has 0 saturated carbocycles. The number of nitrogens with one attached hydrogen (secondary N) is 1. The van der Waals surface area contributed by atoms with Crippen LogP contribution in [0.15, 0.2) is 48.5 Å². The van der Waals surface area contributed by atoms with Crippen molar-refractivity contribution in [2.45, 2.75) is 39.5 Å². The van der Waals surface area contributed by atoms with Gasteiger partial charge in [-0.2, -0.15) is 0 Å². The van der Waals surface area contributed by atoms with Crippen LogP contribution in [0, 0.1) is 0 Å². The van der Waals surface area contributed by atoms with Gasteiger partial charge in [-0.15, -0.1) is 0 Å². The van der Waals surface area contributed by atoms with Crippen molar-refractivity contribution in [1.29, 1.82) is 0 Å². The third-order valence-electron chi connectivity index (χ3n) is 3.63. The van der Waals surface area contributed by atoms with E-state index in [1.165, 1.54) is 11.1 Å². The van der Waals surface area contributed by atoms with Crippen molar-refractivity contribution in [1.82, 2.24) is 5.32 Å². The summed E-state index contributed by atoms with van der Waals surface area (Å²) in [7, 11) is 1.68. The third kappa shape index (κ3) is 5.08. The second-order valence-electron chi connectivity index (χ2n) is 5.44. The van der Waals surface area contributed by atoms with Gasteiger partial charge in [0.1, 0.15) is 11.5 Å². The molecule has 1 N–H and O–H groups in total. The maximum Gasteiger partial charge on any atom is 0.120 e. The molecule has 118 valence electrons. The van der Waals surface area contributed by atoms with Crippen molar-refractivity contribution in [3.63, 3.8) is 0 Å². The zero-order chi connectivity index (χ0) is 15.8. The van der Waals surface area contributed by atoms with Crippen LogP contribution in [0.2, 0.25) is 0 Å². The summed E-state index contributed by atoms with van der Waals surface area (Å²) in [5.74, 6) is 1.83. The lowest BCUT2D eigenvalue weighted by Crippen LogP contribution is -2.13. The summed E-state index contributed by atoms with van der Waals surface area (Å²) >= 11 is 0. The van der Waals surface area contributed by atoms with Crippen molar-refractivity contribution in [3.8, 4) is 11.5 Å². The van der Waals surface area contributed by atoms with Gasteiger partial charge < -0.3 is 14.8 Å². The van der Waals surface area contributed by atoms with E-state index in [2.05, 4.69) is 43.4 Å². The first-order chi connectivity index (χ1) is 10.7. The van der Waals surface area contributed by atoms with Crippen molar-refractivity contribution < 1.29 is 9.47 Å². The number of benzene rings is 2. The summed E-state index contributed by atoms with van der Waals surface area (Å²) in [6.07, 6.45) is 1.27. The molecule has 3 nitrogen and oxygen atoms in total. The lowest BCUT2D eigenvalue weighted by molar-refractivity contribution is 0.217. The number of hydrogen-bond donors (Lipinski definition) is 1. The lowest BCUT2D eigenvalue weighted by Gasteiger charge is -2.13. The highest BCUT2D eigenvalue weighted by Gasteiger charge is 2.02. The van der Waals surface area contributed by atoms with Gasteiger partial charge in [-0.05, 0) is 48.7 Å². The first kappa shape index (κ1) is 16.4. The van der Waals surface area contributed by atoms with E-state index >= 15 is 0 Å². The Morgan fingerprint density at radius 2 is 1.68 bits per heavy atom. The highest BCUT2D eigenvalue weighted by atomic mass is 16.5. The minimum absolute atomic E-state index is 0.252. The molecule has 0 heterocycles. The predicted molar refractivity (Wildman–Crippen MR) is 90.4 cm³/mol. The number of ether oxygens (including phenoxy) is 2. The minimum Gasteiger partial charge on any atom is -0.497 e. The van der Waals surface area contributed by atoms with Gasteiger partial charge in [0, 0.05) is 13.1 Å². The second kappa shape index (κ2) is 8.44. The Morgan fingerprint density at radius 3 is 2.36 bits per heavy atom. The van der Waals surface area contributed by atoms with E-state index in [0.717, 1.165) is 31.0 Å². The molecule has 0 bridgehead atoms. The van der Waals surface area contributed by atoms with Crippen LogP contribution >= 0.6 is 0 Å². The molecule has 0 fully saturated rings. The van der Waals surface area contributed by atoms with Crippen molar-refractivity contribution >= 4 is 0 Å². The first-order valence-electron chi connectivity index (χ1n) is 7.80. The molecular weight excluding hydrogens is 274 g/mol. The highest BCUT2D eigenvalue weighted by Crippen LogP contribution is 2.16. The summed E-state index contributed by atoms with van der Waals surface area (Å²) in [5.41, 5.74) is 2.47. The Kier molecular flexibility index (Phi) is 6.28. The molecule has 0 amide bonds. The molecule has 1 unspecified atom stereocenters. The molecule has 1 atom stereocenters. The van der Waals surface area contributed by atoms with Gasteiger partial charge in [-0.1, -0.05) is 31.2 Å². The average Bonchev–Trinajstić information content (AvgIpc) is 2.56. The van der Waals surface area contributed by atoms with Gasteiger partial charge in [0.2, 0.25) is 0 Å². The van der Waals surface area contributed by atoms with Gasteiger partial charge in [-0.25, -0.2) is 0 Å². The Balaban J connectivity index is 1.84. The normalized spacial score (nSPS) is 12.0. The molecule has 0 radical (unpaired) electrons. The van der Waals surface area contributed by atoms with E-state index in [1.807, 2.05) is 24.3 Å². The fraction of sp³-hybridized carbons (Fsp3) is 0.368. The van der Waals surface area contributed by atoms with Crippen molar-refractivity contribution in [2.75, 3.05) is 7.11 Å². The zero-order valence-corrected chi connectivity index (χ0v) is 13.6. The molecule has 0 aliphatic carbocycles. The Bertz CT molecular complexity index is 566. The smallest absolute Gasteiger partial charge is 0.120 e. The van der Waals surface area contributed by atoms with E-state index in [-0.39, 0.29) is 6.10 Å². The molecule has 2 aromatic carbocycles. The molecule has 0 spiro atoms. The monoisotopic (exact) mass is 299 g/mol. The van der Waals surface area contributed by atoms with Crippen LogP contribution in [0.25, 0.3) is 0 Å². The van der Waals surface area contributed by atoms with E-state index in [4.69, 9.17) is 9.47 Å². The Morgan fingerprint density at radius 1 is 0.955 bits per heavy atom. The standard InChI is InChI=1S/C19H25NO2/c1-4-15(2)22-19-7-5-6-17(12-19)14-20-13-16-8-10-18(21-3)11-9-16/h5-12,15,20H,4,13-14H2,1-3H3. The second-order valence-corrected chi connectivity index (χ2v) is 5.44. The number of rotatable bonds is 8. The SMILES string of the molecule is CCC(C)Oc1cccc(CNCc2ccc(OC)cc2)c1. The van der Waals surface area contributed by atoms with Crippen LogP contribution in [0.5, 0.6) is 11.5 Å². The number of hydrogen-bond acceptors (Lipinski definition) is 3. The van der Waals surface area contributed by atoms with Crippen LogP contribution in [-0.2, 0) is 13.1 Å². The molecule has 0 saturated heterocycles. The number of methoxy groups -OCH3 is 1. The molecule has 0 aromatic heterocycles. The fourth-order valence-electron chi connectivity index (χ4n) is 2.14. The highest BCUT2D eigenvalue weighted by molar-refractivity contribution is 5.29. The van der Waals surface area contributed by atoms with E-state index in [9.17, 15) is 0 Å².